The topological polar surface area (TPSA) is 0 Å². The molecule has 0 radical (unpaired) electrons. The zero-order chi connectivity index (χ0) is 22.5. The van der Waals surface area contributed by atoms with Gasteiger partial charge in [0.2, 0.25) is 0 Å². The molecular weight excluding hydrogens is 447 g/mol. The van der Waals surface area contributed by atoms with E-state index in [1.165, 1.54) is 134 Å². The van der Waals surface area contributed by atoms with Crippen molar-refractivity contribution in [2.75, 3.05) is 23.8 Å². The molecule has 0 aromatic carbocycles. The van der Waals surface area contributed by atoms with Gasteiger partial charge in [0.05, 0.1) is 0 Å². The number of unbranched alkanes of at least 4 members (excludes halogenated alkanes) is 16. The van der Waals surface area contributed by atoms with Gasteiger partial charge in [-0.1, -0.05) is 146 Å². The summed E-state index contributed by atoms with van der Waals surface area (Å²) in [5.74, 6) is 0. The summed E-state index contributed by atoms with van der Waals surface area (Å²) in [6.07, 6.45) is 33.5. The summed E-state index contributed by atoms with van der Waals surface area (Å²) in [6.45, 7) is 9.23. The Bertz CT molecular complexity index is 236. The maximum Gasteiger partial charge on any atom is 0.00313 e. The van der Waals surface area contributed by atoms with E-state index in [9.17, 15) is 0 Å². The molecule has 0 bridgehead atoms. The van der Waals surface area contributed by atoms with Crippen LogP contribution in [0.2, 0.25) is 0 Å². The molecule has 0 atom stereocenters. The van der Waals surface area contributed by atoms with E-state index in [1.54, 1.807) is 18.5 Å². The quantitative estimate of drug-likeness (QED) is 0.0733. The largest absolute Gasteiger partial charge is 0.107 e. The fraction of sp³-hybridized carbons (Fsp3) is 1.00. The van der Waals surface area contributed by atoms with Crippen LogP contribution in [-0.2, 0) is 0 Å². The van der Waals surface area contributed by atoms with Gasteiger partial charge in [0.1, 0.15) is 0 Å². The Kier molecular flexibility index (Phi) is 35.4. The summed E-state index contributed by atoms with van der Waals surface area (Å²) < 4.78 is 0. The van der Waals surface area contributed by atoms with Gasteiger partial charge < -0.3 is 0 Å². The Balaban J connectivity index is 0. The van der Waals surface area contributed by atoms with Gasteiger partial charge in [0.25, 0.3) is 0 Å². The van der Waals surface area contributed by atoms with Crippen molar-refractivity contribution in [2.24, 2.45) is 0 Å². The molecule has 0 fully saturated rings. The van der Waals surface area contributed by atoms with Crippen LogP contribution in [0.25, 0.3) is 0 Å². The first-order chi connectivity index (χ1) is 14.8. The van der Waals surface area contributed by atoms with Crippen molar-refractivity contribution in [3.05, 3.63) is 0 Å². The molecule has 0 saturated carbocycles. The van der Waals surface area contributed by atoms with Gasteiger partial charge in [-0.25, -0.2) is 0 Å². The lowest BCUT2D eigenvalue weighted by Gasteiger charge is -2.16. The summed E-state index contributed by atoms with van der Waals surface area (Å²) in [6, 6.07) is 0. The van der Waals surface area contributed by atoms with Crippen molar-refractivity contribution >= 4 is 23.9 Å². The van der Waals surface area contributed by atoms with E-state index in [1.807, 2.05) is 0 Å². The fourth-order valence-electron chi connectivity index (χ4n) is 3.77. The Morgan fingerprint density at radius 3 is 0.900 bits per heavy atom. The Morgan fingerprint density at radius 1 is 0.367 bits per heavy atom. The molecule has 0 amide bonds. The minimum Gasteiger partial charge on any atom is -0.107 e. The lowest BCUT2D eigenvalue weighted by atomic mass is 10.0. The third-order valence-corrected chi connectivity index (χ3v) is 9.38. The molecule has 30 heavy (non-hydrogen) atoms. The van der Waals surface area contributed by atoms with Crippen molar-refractivity contribution in [1.29, 1.82) is 0 Å². The summed E-state index contributed by atoms with van der Waals surface area (Å²) in [4.78, 5) is 0. The van der Waals surface area contributed by atoms with E-state index in [0.717, 1.165) is 0 Å². The molecule has 0 saturated heterocycles. The van der Waals surface area contributed by atoms with Crippen LogP contribution in [0.4, 0.5) is 0 Å². The first kappa shape index (κ1) is 33.1. The highest BCUT2D eigenvalue weighted by atomic mass is 79.9. The minimum absolute atomic E-state index is 0.422. The maximum absolute atomic E-state index is 3.48. The van der Waals surface area contributed by atoms with E-state index in [2.05, 4.69) is 43.6 Å². The molecule has 0 nitrogen and oxygen atoms in total. The van der Waals surface area contributed by atoms with Crippen LogP contribution >= 0.6 is 23.9 Å². The average molecular weight is 508 g/mol. The van der Waals surface area contributed by atoms with E-state index >= 15 is 0 Å². The second kappa shape index (κ2) is 32.1. The van der Waals surface area contributed by atoms with Crippen molar-refractivity contribution in [2.45, 2.75) is 156 Å². The second-order valence-electron chi connectivity index (χ2n) is 9.19. The molecule has 2 heteroatoms. The second-order valence-corrected chi connectivity index (χ2v) is 12.7. The van der Waals surface area contributed by atoms with E-state index in [4.69, 9.17) is 0 Å². The number of rotatable bonds is 23. The molecule has 0 N–H and O–H groups in total. The third-order valence-electron chi connectivity index (χ3n) is 5.97. The average Bonchev–Trinajstić information content (AvgIpc) is 2.77. The van der Waals surface area contributed by atoms with Crippen LogP contribution in [-0.4, -0.2) is 23.8 Å². The molecular formula is C28H60BrP. The number of hydrogen-bond donors (Lipinski definition) is 0. The van der Waals surface area contributed by atoms with E-state index < -0.39 is 0 Å². The number of hydrogen-bond acceptors (Lipinski definition) is 0. The summed E-state index contributed by atoms with van der Waals surface area (Å²) in [5.41, 5.74) is 0. The number of halogens is 1. The molecule has 0 aromatic rings. The highest BCUT2D eigenvalue weighted by Gasteiger charge is 2.05. The smallest absolute Gasteiger partial charge is 0.00313 e. The summed E-state index contributed by atoms with van der Waals surface area (Å²) >= 11 is 3.48. The van der Waals surface area contributed by atoms with Gasteiger partial charge in [-0.15, -0.1) is 7.92 Å². The lowest BCUT2D eigenvalue weighted by Crippen LogP contribution is -1.95. The lowest BCUT2D eigenvalue weighted by molar-refractivity contribution is 0.538. The molecule has 0 unspecified atom stereocenters. The van der Waals surface area contributed by atoms with Gasteiger partial charge in [-0.2, -0.15) is 0 Å². The Labute approximate surface area is 203 Å². The van der Waals surface area contributed by atoms with Crippen LogP contribution in [0.15, 0.2) is 0 Å². The van der Waals surface area contributed by atoms with Crippen molar-refractivity contribution in [1.82, 2.24) is 0 Å². The predicted molar refractivity (Wildman–Crippen MR) is 150 cm³/mol. The third kappa shape index (κ3) is 31.1. The highest BCUT2D eigenvalue weighted by Crippen LogP contribution is 2.38. The van der Waals surface area contributed by atoms with Gasteiger partial charge >= 0.3 is 0 Å². The standard InChI is InChI=1S/C16H33Br.C12H27P/c1-2-3-4-5-6-7-8-9-10-11-12-13-14-15-16-17;1-4-7-10-13(11-8-5-2)12-9-6-3/h2-16H2,1H3;4-12H2,1-3H3. The SMILES string of the molecule is CCCCCCCCCCCCCCCCBr.CCCCP(CCCC)CCCC. The van der Waals surface area contributed by atoms with Gasteiger partial charge in [0.15, 0.2) is 0 Å². The van der Waals surface area contributed by atoms with Gasteiger partial charge in [0, 0.05) is 5.33 Å². The summed E-state index contributed by atoms with van der Waals surface area (Å²) in [7, 11) is 0.422. The number of alkyl halides is 1. The van der Waals surface area contributed by atoms with E-state index in [0.29, 0.717) is 7.92 Å². The molecule has 0 aromatic heterocycles. The van der Waals surface area contributed by atoms with E-state index in [-0.39, 0.29) is 0 Å². The zero-order valence-electron chi connectivity index (χ0n) is 21.8. The maximum atomic E-state index is 3.48. The molecule has 0 rings (SSSR count). The molecule has 0 aliphatic rings. The van der Waals surface area contributed by atoms with Crippen LogP contribution in [0.1, 0.15) is 156 Å². The minimum atomic E-state index is 0.422. The molecule has 0 aliphatic carbocycles. The normalized spacial score (nSPS) is 11.0. The van der Waals surface area contributed by atoms with Crippen LogP contribution in [0.3, 0.4) is 0 Å². The molecule has 0 aliphatic heterocycles. The van der Waals surface area contributed by atoms with Crippen LogP contribution in [0, 0.1) is 0 Å². The monoisotopic (exact) mass is 506 g/mol. The molecule has 0 spiro atoms. The van der Waals surface area contributed by atoms with Crippen molar-refractivity contribution in [3.63, 3.8) is 0 Å². The van der Waals surface area contributed by atoms with Crippen LogP contribution < -0.4 is 0 Å². The summed E-state index contributed by atoms with van der Waals surface area (Å²) in [5, 5.41) is 1.19. The zero-order valence-corrected chi connectivity index (χ0v) is 24.3. The molecule has 0 heterocycles. The Morgan fingerprint density at radius 2 is 0.633 bits per heavy atom. The predicted octanol–water partition coefficient (Wildman–Crippen LogP) is 11.7. The van der Waals surface area contributed by atoms with Gasteiger partial charge in [-0.3, -0.25) is 0 Å². The fourth-order valence-corrected chi connectivity index (χ4v) is 7.13. The van der Waals surface area contributed by atoms with Gasteiger partial charge in [-0.05, 0) is 44.2 Å². The van der Waals surface area contributed by atoms with Crippen molar-refractivity contribution in [3.8, 4) is 0 Å². The molecule has 184 valence electrons. The Hall–Kier alpha value is 0.910. The van der Waals surface area contributed by atoms with Crippen LogP contribution in [0.5, 0.6) is 0 Å². The first-order valence-electron chi connectivity index (χ1n) is 14.0. The highest BCUT2D eigenvalue weighted by molar-refractivity contribution is 9.09. The van der Waals surface area contributed by atoms with Crippen molar-refractivity contribution < 1.29 is 0 Å². The first-order valence-corrected chi connectivity index (χ1v) is 17.1.